The molecule has 1 aromatic carbocycles. The third-order valence-corrected chi connectivity index (χ3v) is 6.14. The van der Waals surface area contributed by atoms with Gasteiger partial charge < -0.3 is 0 Å². The molecule has 3 heterocycles. The van der Waals surface area contributed by atoms with E-state index in [1.54, 1.807) is 23.1 Å². The zero-order valence-electron chi connectivity index (χ0n) is 13.9. The average molecular weight is 355 g/mol. The molecule has 0 bridgehead atoms. The molecule has 4 rings (SSSR count). The molecule has 4 nitrogen and oxygen atoms in total. The molecule has 24 heavy (non-hydrogen) atoms. The number of pyridine rings is 1. The van der Waals surface area contributed by atoms with E-state index in [1.165, 1.54) is 16.0 Å². The van der Waals surface area contributed by atoms with Crippen LogP contribution in [0.2, 0.25) is 0 Å². The molecule has 0 radical (unpaired) electrons. The number of thioether (sulfide) groups is 1. The van der Waals surface area contributed by atoms with Gasteiger partial charge in [0, 0.05) is 22.4 Å². The van der Waals surface area contributed by atoms with Crippen LogP contribution < -0.4 is 0 Å². The fourth-order valence-corrected chi connectivity index (χ4v) is 4.55. The van der Waals surface area contributed by atoms with E-state index in [4.69, 9.17) is 4.98 Å². The van der Waals surface area contributed by atoms with Gasteiger partial charge in [-0.05, 0) is 24.6 Å². The molecule has 0 N–H and O–H groups in total. The van der Waals surface area contributed by atoms with Crippen LogP contribution in [0.3, 0.4) is 0 Å². The van der Waals surface area contributed by atoms with Crippen molar-refractivity contribution in [1.29, 1.82) is 0 Å². The Morgan fingerprint density at radius 1 is 1.21 bits per heavy atom. The van der Waals surface area contributed by atoms with Crippen LogP contribution in [0.25, 0.3) is 16.6 Å². The number of rotatable bonds is 4. The van der Waals surface area contributed by atoms with Crippen molar-refractivity contribution in [2.45, 2.75) is 37.6 Å². The number of hydrogen-bond donors (Lipinski definition) is 0. The minimum Gasteiger partial charge on any atom is -0.270 e. The summed E-state index contributed by atoms with van der Waals surface area (Å²) in [6, 6.07) is 10.5. The summed E-state index contributed by atoms with van der Waals surface area (Å²) in [6.45, 7) is 6.47. The summed E-state index contributed by atoms with van der Waals surface area (Å²) >= 11 is 3.42. The number of fused-ring (bicyclic) bond motifs is 3. The third kappa shape index (κ3) is 2.70. The average Bonchev–Trinajstić information content (AvgIpc) is 3.20. The largest absolute Gasteiger partial charge is 0.270 e. The van der Waals surface area contributed by atoms with Crippen LogP contribution in [0.15, 0.2) is 40.9 Å². The highest BCUT2D eigenvalue weighted by molar-refractivity contribution is 7.98. The first-order valence-corrected chi connectivity index (χ1v) is 9.80. The second-order valence-corrected chi connectivity index (χ2v) is 7.97. The van der Waals surface area contributed by atoms with Gasteiger partial charge in [0.25, 0.3) is 0 Å². The van der Waals surface area contributed by atoms with Gasteiger partial charge in [0.1, 0.15) is 0 Å². The van der Waals surface area contributed by atoms with E-state index in [1.807, 2.05) is 0 Å². The molecule has 4 aromatic rings. The van der Waals surface area contributed by atoms with Crippen molar-refractivity contribution in [3.8, 4) is 0 Å². The van der Waals surface area contributed by atoms with Crippen LogP contribution in [0.4, 0.5) is 0 Å². The molecule has 0 aliphatic heterocycles. The lowest BCUT2D eigenvalue weighted by Crippen LogP contribution is -1.93. The van der Waals surface area contributed by atoms with Crippen molar-refractivity contribution < 1.29 is 0 Å². The minimum absolute atomic E-state index is 0.481. The van der Waals surface area contributed by atoms with E-state index in [0.717, 1.165) is 27.8 Å². The standard InChI is InChI=1S/C18H18N4S2/c1-11(2)17-19-13(9-23-17)10-24-18-21-20-16-8-12(3)14-6-4-5-7-15(14)22(16)18/h4-9,11H,10H2,1-3H3. The molecule has 0 saturated heterocycles. The van der Waals surface area contributed by atoms with Gasteiger partial charge in [-0.15, -0.1) is 21.5 Å². The summed E-state index contributed by atoms with van der Waals surface area (Å²) < 4.78 is 2.14. The van der Waals surface area contributed by atoms with Crippen LogP contribution in [-0.4, -0.2) is 19.6 Å². The van der Waals surface area contributed by atoms with Crippen molar-refractivity contribution >= 4 is 39.6 Å². The Hall–Kier alpha value is -1.92. The van der Waals surface area contributed by atoms with E-state index in [2.05, 4.69) is 71.1 Å². The summed E-state index contributed by atoms with van der Waals surface area (Å²) in [7, 11) is 0. The van der Waals surface area contributed by atoms with Crippen LogP contribution in [0, 0.1) is 6.92 Å². The van der Waals surface area contributed by atoms with Gasteiger partial charge in [-0.2, -0.15) is 0 Å². The maximum absolute atomic E-state index is 4.71. The Balaban J connectivity index is 1.70. The normalized spacial score (nSPS) is 11.8. The SMILES string of the molecule is Cc1cc2nnc(SCc3csc(C(C)C)n3)n2c2ccccc12. The predicted molar refractivity (Wildman–Crippen MR) is 101 cm³/mol. The first-order valence-electron chi connectivity index (χ1n) is 7.94. The summed E-state index contributed by atoms with van der Waals surface area (Å²) in [5, 5.41) is 14.2. The topological polar surface area (TPSA) is 43.1 Å². The lowest BCUT2D eigenvalue weighted by Gasteiger charge is -2.06. The van der Waals surface area contributed by atoms with Crippen molar-refractivity contribution in [3.63, 3.8) is 0 Å². The van der Waals surface area contributed by atoms with Crippen molar-refractivity contribution in [1.82, 2.24) is 19.6 Å². The molecule has 0 saturated carbocycles. The zero-order chi connectivity index (χ0) is 16.7. The monoisotopic (exact) mass is 354 g/mol. The molecular weight excluding hydrogens is 336 g/mol. The van der Waals surface area contributed by atoms with Crippen molar-refractivity contribution in [3.05, 3.63) is 52.0 Å². The Morgan fingerprint density at radius 3 is 2.83 bits per heavy atom. The molecule has 122 valence electrons. The molecule has 0 aliphatic carbocycles. The minimum atomic E-state index is 0.481. The maximum atomic E-state index is 4.71. The first kappa shape index (κ1) is 15.6. The van der Waals surface area contributed by atoms with E-state index in [-0.39, 0.29) is 0 Å². The molecule has 0 spiro atoms. The Bertz CT molecular complexity index is 1020. The molecule has 0 amide bonds. The van der Waals surface area contributed by atoms with Gasteiger partial charge in [0.2, 0.25) is 0 Å². The maximum Gasteiger partial charge on any atom is 0.196 e. The summed E-state index contributed by atoms with van der Waals surface area (Å²) in [6.07, 6.45) is 0. The Morgan fingerprint density at radius 2 is 2.04 bits per heavy atom. The highest BCUT2D eigenvalue weighted by atomic mass is 32.2. The van der Waals surface area contributed by atoms with Gasteiger partial charge in [0.05, 0.1) is 16.2 Å². The van der Waals surface area contributed by atoms with E-state index in [9.17, 15) is 0 Å². The summed E-state index contributed by atoms with van der Waals surface area (Å²) in [5.74, 6) is 1.29. The molecular formula is C18H18N4S2. The molecule has 0 unspecified atom stereocenters. The lowest BCUT2D eigenvalue weighted by molar-refractivity contribution is 0.846. The van der Waals surface area contributed by atoms with Gasteiger partial charge in [0.15, 0.2) is 10.8 Å². The number of aryl methyl sites for hydroxylation is 1. The summed E-state index contributed by atoms with van der Waals surface area (Å²) in [4.78, 5) is 4.71. The predicted octanol–water partition coefficient (Wildman–Crippen LogP) is 5.06. The van der Waals surface area contributed by atoms with Gasteiger partial charge >= 0.3 is 0 Å². The van der Waals surface area contributed by atoms with E-state index >= 15 is 0 Å². The lowest BCUT2D eigenvalue weighted by atomic mass is 10.1. The number of hydrogen-bond acceptors (Lipinski definition) is 5. The van der Waals surface area contributed by atoms with E-state index in [0.29, 0.717) is 5.92 Å². The molecule has 0 atom stereocenters. The third-order valence-electron chi connectivity index (χ3n) is 3.99. The van der Waals surface area contributed by atoms with Crippen LogP contribution >= 0.6 is 23.1 Å². The van der Waals surface area contributed by atoms with Gasteiger partial charge in [-0.25, -0.2) is 4.98 Å². The van der Waals surface area contributed by atoms with Crippen molar-refractivity contribution in [2.24, 2.45) is 0 Å². The fourth-order valence-electron chi connectivity index (χ4n) is 2.76. The second kappa shape index (κ2) is 6.18. The fraction of sp³-hybridized carbons (Fsp3) is 0.278. The number of nitrogens with zero attached hydrogens (tertiary/aromatic N) is 4. The Labute approximate surface area is 149 Å². The molecule has 0 fully saturated rings. The second-order valence-electron chi connectivity index (χ2n) is 6.14. The van der Waals surface area contributed by atoms with Crippen molar-refractivity contribution in [2.75, 3.05) is 0 Å². The van der Waals surface area contributed by atoms with Crippen LogP contribution in [0.1, 0.15) is 36.0 Å². The van der Waals surface area contributed by atoms with Crippen LogP contribution in [0.5, 0.6) is 0 Å². The zero-order valence-corrected chi connectivity index (χ0v) is 15.5. The van der Waals surface area contributed by atoms with E-state index < -0.39 is 0 Å². The Kier molecular flexibility index (Phi) is 4.02. The highest BCUT2D eigenvalue weighted by Crippen LogP contribution is 2.28. The van der Waals surface area contributed by atoms with Gasteiger partial charge in [-0.3, -0.25) is 4.40 Å². The van der Waals surface area contributed by atoms with Gasteiger partial charge in [-0.1, -0.05) is 43.8 Å². The van der Waals surface area contributed by atoms with Crippen LogP contribution in [-0.2, 0) is 5.75 Å². The summed E-state index contributed by atoms with van der Waals surface area (Å²) in [5.41, 5.74) is 4.39. The number of thiazole rings is 1. The number of aromatic nitrogens is 4. The smallest absolute Gasteiger partial charge is 0.196 e. The molecule has 6 heteroatoms. The highest BCUT2D eigenvalue weighted by Gasteiger charge is 2.12. The quantitative estimate of drug-likeness (QED) is 0.480. The first-order chi connectivity index (χ1) is 11.6. The molecule has 3 aromatic heterocycles. The number of para-hydroxylation sites is 1. The molecule has 0 aliphatic rings. The number of benzene rings is 1.